The van der Waals surface area contributed by atoms with Crippen molar-refractivity contribution in [1.82, 2.24) is 10.2 Å². The molecule has 1 saturated heterocycles. The number of hydrogen-bond acceptors (Lipinski definition) is 6. The highest BCUT2D eigenvalue weighted by molar-refractivity contribution is 5.77. The van der Waals surface area contributed by atoms with Gasteiger partial charge in [-0.25, -0.2) is 0 Å². The van der Waals surface area contributed by atoms with Crippen molar-refractivity contribution in [3.05, 3.63) is 28.3 Å². The van der Waals surface area contributed by atoms with E-state index in [1.807, 2.05) is 0 Å². The van der Waals surface area contributed by atoms with Crippen molar-refractivity contribution >= 4 is 11.6 Å². The zero-order chi connectivity index (χ0) is 16.8. The third-order valence-electron chi connectivity index (χ3n) is 3.80. The van der Waals surface area contributed by atoms with Crippen LogP contribution in [0, 0.1) is 10.1 Å². The van der Waals surface area contributed by atoms with Gasteiger partial charge in [0.15, 0.2) is 6.61 Å². The molecule has 1 N–H and O–H groups in total. The summed E-state index contributed by atoms with van der Waals surface area (Å²) >= 11 is 0. The van der Waals surface area contributed by atoms with Gasteiger partial charge >= 0.3 is 5.69 Å². The number of carbonyl (C=O) groups excluding carboxylic acids is 1. The quantitative estimate of drug-likeness (QED) is 0.624. The van der Waals surface area contributed by atoms with Gasteiger partial charge in [-0.05, 0) is 39.0 Å². The maximum absolute atomic E-state index is 11.9. The van der Waals surface area contributed by atoms with Crippen molar-refractivity contribution < 1.29 is 19.2 Å². The molecule has 23 heavy (non-hydrogen) atoms. The van der Waals surface area contributed by atoms with E-state index in [4.69, 9.17) is 9.47 Å². The molecule has 0 spiro atoms. The topological polar surface area (TPSA) is 93.9 Å². The van der Waals surface area contributed by atoms with Crippen LogP contribution in [0.2, 0.25) is 0 Å². The van der Waals surface area contributed by atoms with Gasteiger partial charge in [-0.2, -0.15) is 0 Å². The van der Waals surface area contributed by atoms with Gasteiger partial charge in [-0.3, -0.25) is 14.9 Å². The molecule has 0 aromatic heterocycles. The van der Waals surface area contributed by atoms with Crippen molar-refractivity contribution in [2.45, 2.75) is 18.9 Å². The summed E-state index contributed by atoms with van der Waals surface area (Å²) in [6.07, 6.45) is 1.85. The molecule has 8 heteroatoms. The minimum atomic E-state index is -0.532. The lowest BCUT2D eigenvalue weighted by atomic mass is 10.1. The smallest absolute Gasteiger partial charge is 0.311 e. The summed E-state index contributed by atoms with van der Waals surface area (Å²) in [6, 6.07) is 4.32. The van der Waals surface area contributed by atoms with Gasteiger partial charge in [0.1, 0.15) is 5.75 Å². The Hall–Kier alpha value is -2.35. The Bertz CT molecular complexity index is 570. The SMILES string of the molecule is COc1cc(OCC(=O)NC2CCN(C)CC2)ccc1[N+](=O)[O-]. The lowest BCUT2D eigenvalue weighted by Crippen LogP contribution is -2.44. The van der Waals surface area contributed by atoms with Crippen LogP contribution in [0.15, 0.2) is 18.2 Å². The molecule has 0 bridgehead atoms. The third-order valence-corrected chi connectivity index (χ3v) is 3.80. The summed E-state index contributed by atoms with van der Waals surface area (Å²) in [5, 5.41) is 13.8. The van der Waals surface area contributed by atoms with Crippen LogP contribution in [-0.4, -0.2) is 55.6 Å². The van der Waals surface area contributed by atoms with E-state index < -0.39 is 4.92 Å². The average Bonchev–Trinajstić information content (AvgIpc) is 2.54. The van der Waals surface area contributed by atoms with Gasteiger partial charge in [-0.1, -0.05) is 0 Å². The third kappa shape index (κ3) is 4.82. The molecule has 0 unspecified atom stereocenters. The summed E-state index contributed by atoms with van der Waals surface area (Å²) in [5.41, 5.74) is -0.143. The molecule has 0 radical (unpaired) electrons. The monoisotopic (exact) mass is 323 g/mol. The molecule has 0 atom stereocenters. The Labute approximate surface area is 134 Å². The minimum absolute atomic E-state index is 0.100. The summed E-state index contributed by atoms with van der Waals surface area (Å²) in [4.78, 5) is 24.4. The number of nitrogens with one attached hydrogen (secondary N) is 1. The predicted octanol–water partition coefficient (Wildman–Crippen LogP) is 1.19. The summed E-state index contributed by atoms with van der Waals surface area (Å²) < 4.78 is 10.3. The van der Waals surface area contributed by atoms with Crippen LogP contribution in [0.5, 0.6) is 11.5 Å². The Balaban J connectivity index is 1.85. The Morgan fingerprint density at radius 2 is 2.13 bits per heavy atom. The molecule has 1 amide bonds. The first-order valence-corrected chi connectivity index (χ1v) is 7.42. The van der Waals surface area contributed by atoms with Crippen LogP contribution >= 0.6 is 0 Å². The van der Waals surface area contributed by atoms with Gasteiger partial charge in [-0.15, -0.1) is 0 Å². The van der Waals surface area contributed by atoms with E-state index in [1.54, 1.807) is 0 Å². The fraction of sp³-hybridized carbons (Fsp3) is 0.533. The number of likely N-dealkylation sites (tertiary alicyclic amines) is 1. The molecule has 0 saturated carbocycles. The van der Waals surface area contributed by atoms with E-state index in [0.29, 0.717) is 5.75 Å². The summed E-state index contributed by atoms with van der Waals surface area (Å²) in [5.74, 6) is 0.256. The zero-order valence-electron chi connectivity index (χ0n) is 13.3. The second kappa shape index (κ2) is 7.77. The standard InChI is InChI=1S/C15H21N3O5/c1-17-7-5-11(6-8-17)16-15(19)10-23-12-3-4-13(18(20)21)14(9-12)22-2/h3-4,9,11H,5-8,10H2,1-2H3,(H,16,19). The molecule has 1 aliphatic rings. The molecule has 1 heterocycles. The fourth-order valence-corrected chi connectivity index (χ4v) is 2.47. The van der Waals surface area contributed by atoms with Gasteiger partial charge < -0.3 is 19.7 Å². The van der Waals surface area contributed by atoms with Crippen LogP contribution in [0.3, 0.4) is 0 Å². The molecule has 1 aromatic carbocycles. The molecular formula is C15H21N3O5. The van der Waals surface area contributed by atoms with Crippen molar-refractivity contribution in [1.29, 1.82) is 0 Å². The van der Waals surface area contributed by atoms with Crippen LogP contribution < -0.4 is 14.8 Å². The molecule has 1 aliphatic heterocycles. The van der Waals surface area contributed by atoms with Crippen molar-refractivity contribution in [3.63, 3.8) is 0 Å². The molecule has 126 valence electrons. The average molecular weight is 323 g/mol. The highest BCUT2D eigenvalue weighted by Gasteiger charge is 2.19. The predicted molar refractivity (Wildman–Crippen MR) is 83.8 cm³/mol. The fourth-order valence-electron chi connectivity index (χ4n) is 2.47. The highest BCUT2D eigenvalue weighted by atomic mass is 16.6. The van der Waals surface area contributed by atoms with Crippen LogP contribution in [0.4, 0.5) is 5.69 Å². The number of carbonyl (C=O) groups is 1. The Morgan fingerprint density at radius 1 is 1.43 bits per heavy atom. The van der Waals surface area contributed by atoms with Gasteiger partial charge in [0.25, 0.3) is 5.91 Å². The second-order valence-electron chi connectivity index (χ2n) is 5.52. The number of hydrogen-bond donors (Lipinski definition) is 1. The zero-order valence-corrected chi connectivity index (χ0v) is 13.3. The van der Waals surface area contributed by atoms with Gasteiger partial charge in [0.05, 0.1) is 12.0 Å². The number of amides is 1. The van der Waals surface area contributed by atoms with E-state index in [9.17, 15) is 14.9 Å². The highest BCUT2D eigenvalue weighted by Crippen LogP contribution is 2.30. The molecule has 1 aromatic rings. The largest absolute Gasteiger partial charge is 0.490 e. The lowest BCUT2D eigenvalue weighted by molar-refractivity contribution is -0.385. The molecular weight excluding hydrogens is 302 g/mol. The number of benzene rings is 1. The second-order valence-corrected chi connectivity index (χ2v) is 5.52. The maximum Gasteiger partial charge on any atom is 0.311 e. The summed E-state index contributed by atoms with van der Waals surface area (Å²) in [7, 11) is 3.40. The first-order chi connectivity index (χ1) is 11.0. The van der Waals surface area contributed by atoms with E-state index in [-0.39, 0.29) is 30.0 Å². The van der Waals surface area contributed by atoms with Crippen LogP contribution in [-0.2, 0) is 4.79 Å². The maximum atomic E-state index is 11.9. The van der Waals surface area contributed by atoms with Crippen LogP contribution in [0.1, 0.15) is 12.8 Å². The molecule has 1 fully saturated rings. The Kier molecular flexibility index (Phi) is 5.75. The van der Waals surface area contributed by atoms with Gasteiger partial charge in [0, 0.05) is 18.2 Å². The van der Waals surface area contributed by atoms with Crippen molar-refractivity contribution in [2.24, 2.45) is 0 Å². The normalized spacial score (nSPS) is 15.9. The first kappa shape index (κ1) is 17.0. The van der Waals surface area contributed by atoms with E-state index in [1.165, 1.54) is 25.3 Å². The number of ether oxygens (including phenoxy) is 2. The number of nitrogens with zero attached hydrogens (tertiary/aromatic N) is 2. The van der Waals surface area contributed by atoms with E-state index in [2.05, 4.69) is 17.3 Å². The molecule has 2 rings (SSSR count). The van der Waals surface area contributed by atoms with Crippen molar-refractivity contribution in [3.8, 4) is 11.5 Å². The summed E-state index contributed by atoms with van der Waals surface area (Å²) in [6.45, 7) is 1.80. The first-order valence-electron chi connectivity index (χ1n) is 7.42. The van der Waals surface area contributed by atoms with Crippen LogP contribution in [0.25, 0.3) is 0 Å². The Morgan fingerprint density at radius 3 is 2.74 bits per heavy atom. The van der Waals surface area contributed by atoms with Gasteiger partial charge in [0.2, 0.25) is 5.75 Å². The number of rotatable bonds is 6. The van der Waals surface area contributed by atoms with Crippen molar-refractivity contribution in [2.75, 3.05) is 33.9 Å². The number of nitro groups is 1. The number of nitro benzene ring substituents is 1. The minimum Gasteiger partial charge on any atom is -0.490 e. The van der Waals surface area contributed by atoms with E-state index >= 15 is 0 Å². The number of methoxy groups -OCH3 is 1. The lowest BCUT2D eigenvalue weighted by Gasteiger charge is -2.29. The number of piperidine rings is 1. The molecule has 0 aliphatic carbocycles. The molecule has 8 nitrogen and oxygen atoms in total. The van der Waals surface area contributed by atoms with E-state index in [0.717, 1.165) is 25.9 Å².